The van der Waals surface area contributed by atoms with Crippen molar-refractivity contribution in [2.45, 2.75) is 38.4 Å². The molecule has 0 fully saturated rings. The molecule has 0 atom stereocenters. The van der Waals surface area contributed by atoms with Crippen LogP contribution in [0.1, 0.15) is 121 Å². The largest absolute Gasteiger partial charge is 0.0633 e. The lowest BCUT2D eigenvalue weighted by atomic mass is 9.80. The van der Waals surface area contributed by atoms with Gasteiger partial charge in [0.1, 0.15) is 0 Å². The van der Waals surface area contributed by atoms with Crippen LogP contribution in [-0.4, -0.2) is 0 Å². The van der Waals surface area contributed by atoms with Gasteiger partial charge in [-0.15, -0.1) is 0 Å². The summed E-state index contributed by atoms with van der Waals surface area (Å²) in [7, 11) is 0. The van der Waals surface area contributed by atoms with Crippen molar-refractivity contribution in [2.24, 2.45) is 0 Å². The smallest absolute Gasteiger partial charge is 0.0610 e. The van der Waals surface area contributed by atoms with Crippen LogP contribution in [0.2, 0.25) is 0 Å². The fourth-order valence-electron chi connectivity index (χ4n) is 15.6. The van der Waals surface area contributed by atoms with Gasteiger partial charge in [-0.05, 0) is 265 Å². The number of rotatable bonds is 6. The quantitative estimate of drug-likeness (QED) is 0.146. The molecule has 0 radical (unpaired) electrons. The Morgan fingerprint density at radius 2 is 0.481 bits per heavy atom. The van der Waals surface area contributed by atoms with Crippen molar-refractivity contribution in [3.05, 3.63) is 361 Å². The van der Waals surface area contributed by atoms with E-state index in [1.54, 1.807) is 18.2 Å². The van der Waals surface area contributed by atoms with Crippen molar-refractivity contribution in [3.8, 4) is 89.0 Å². The zero-order chi connectivity index (χ0) is 115. The highest BCUT2D eigenvalue weighted by molar-refractivity contribution is 6.29. The predicted octanol–water partition coefficient (Wildman–Crippen LogP) is 29.6. The molecule has 2 aliphatic carbocycles. The Kier molecular flexibility index (Phi) is 5.80. The lowest BCUT2D eigenvalue weighted by Crippen LogP contribution is -2.15. The molecular weight excluding hydrogens is 1270 g/mol. The molecule has 0 N–H and O–H groups in total. The molecule has 492 valence electrons. The summed E-state index contributed by atoms with van der Waals surface area (Å²) in [6.45, 7) is -4.04. The Balaban J connectivity index is 0.000000174. The summed E-state index contributed by atoms with van der Waals surface area (Å²) in [5, 5.41) is -5.65. The minimum Gasteiger partial charge on any atom is -0.0610 e. The SMILES string of the molecule is [2H]c1c([2H])c(-c2c([2H])c([2H])c3c([2H])c([2H])c4c([2H])c([2H])c([2H])c5c([2H])c([2H])c2c3c45)c([2H])c([2H])c1-c1c([2H])c([2H])c2c(c1[2H])C(C([2H])([2H])[2H])(C([2H])([2H])[2H])c1c([2H])c(-c3c([2H])c([2H])c4c([2H])c([2H])c5c([2H])c([2H])c([2H])c6c([2H])c([2H])c3c4c56)c([2H])c([2H])c1-2.[2H]c1c([2H])c2c([2H])c([2H])c3c([2H])c([2H])c(-c4ccc(-c5ccc6c(c5)C(C)(C)c5cc(-c7c([2H])c([2H])c8c([2H])c([2H])c9c([2H])c([2H])c([2H])c%10c([2H])c([2H])c7c8c9%10)ccc5-6)cc4)c4c([2H])c([2H])c(c1[2H])c2c34. The van der Waals surface area contributed by atoms with Gasteiger partial charge in [-0.25, -0.2) is 0 Å². The molecule has 0 nitrogen and oxygen atoms in total. The van der Waals surface area contributed by atoms with Gasteiger partial charge in [0, 0.05) is 19.1 Å². The minimum atomic E-state index is -4.08. The van der Waals surface area contributed by atoms with E-state index in [-0.39, 0.29) is 128 Å². The van der Waals surface area contributed by atoms with Gasteiger partial charge in [0.05, 0.1) is 63.1 Å². The summed E-state index contributed by atoms with van der Waals surface area (Å²) in [6.07, 6.45) is 0. The van der Waals surface area contributed by atoms with E-state index in [1.165, 1.54) is 0 Å². The van der Waals surface area contributed by atoms with Gasteiger partial charge in [0.15, 0.2) is 0 Å². The Morgan fingerprint density at radius 1 is 0.198 bits per heavy atom. The first kappa shape index (κ1) is 28.2. The van der Waals surface area contributed by atoms with E-state index in [1.807, 2.05) is 36.4 Å². The van der Waals surface area contributed by atoms with E-state index in [4.69, 9.17) is 35.6 Å². The zero-order valence-electron chi connectivity index (χ0n) is 107. The van der Waals surface area contributed by atoms with E-state index in [9.17, 15) is 35.6 Å². The van der Waals surface area contributed by atoms with Gasteiger partial charge in [-0.2, -0.15) is 0 Å². The standard InChI is InChI=1S/2C53H34/c2*1-53(2)47-29-39(31-9-11-32(12-10-31)41-23-17-37-15-13-33-5-3-7-35-19-27-45(41)51(37)49(33)35)21-25-43(47)44-26-22-40(30-48(44)53)42-24-18-38-16-14-34-6-4-8-36-20-28-46(42)52(38)50(34)36/h2*3-30H,1-2H3/i1D3,2D3,3D,4D,5D,6D,7D,8D,9D,10D,11D,12D,13D,14D,15D,16D,17D,18D,19D,20D,21D,22D,23D,24D,25D,26D,27D,28D,29D,30D;3D,4D,5D,6D,7D,8D,13D,14D,15D,16D,17D,18D,19D,20D,23D,24D,27D,28D. The molecule has 0 aliphatic heterocycles. The topological polar surface area (TPSA) is 0 Å². The Hall–Kier alpha value is -13.0. The van der Waals surface area contributed by atoms with E-state index in [0.717, 1.165) is 33.4 Å². The maximum absolute atomic E-state index is 9.99. The van der Waals surface area contributed by atoms with Crippen LogP contribution in [0.15, 0.2) is 339 Å². The highest BCUT2D eigenvalue weighted by Gasteiger charge is 2.38. The molecule has 22 aromatic rings. The van der Waals surface area contributed by atoms with Gasteiger partial charge in [-0.1, -0.05) is 342 Å². The van der Waals surface area contributed by atoms with Gasteiger partial charge in [-0.3, -0.25) is 0 Å². The van der Waals surface area contributed by atoms with Crippen LogP contribution < -0.4 is 0 Å². The zero-order valence-corrected chi connectivity index (χ0v) is 54.8. The Morgan fingerprint density at radius 3 is 0.896 bits per heavy atom. The van der Waals surface area contributed by atoms with Crippen molar-refractivity contribution >= 4 is 129 Å². The molecule has 24 rings (SSSR count). The Labute approximate surface area is 687 Å². The summed E-state index contributed by atoms with van der Waals surface area (Å²) in [5.74, 6) is 0. The average molecular weight is 1390 g/mol. The number of hydrogen-bond donors (Lipinski definition) is 0. The van der Waals surface area contributed by atoms with Crippen LogP contribution in [0.25, 0.3) is 218 Å². The first-order valence-electron chi connectivity index (χ1n) is 59.3. The highest BCUT2D eigenvalue weighted by atomic mass is 14.4. The number of fused-ring (bicyclic) bond motifs is 6. The van der Waals surface area contributed by atoms with E-state index in [2.05, 4.69) is 19.9 Å². The number of hydrogen-bond acceptors (Lipinski definition) is 0. The van der Waals surface area contributed by atoms with E-state index >= 15 is 0 Å². The highest BCUT2D eigenvalue weighted by Crippen LogP contribution is 2.55. The van der Waals surface area contributed by atoms with Gasteiger partial charge >= 0.3 is 0 Å². The van der Waals surface area contributed by atoms with Crippen LogP contribution in [0.5, 0.6) is 0 Å². The van der Waals surface area contributed by atoms with E-state index < -0.39 is 370 Å². The first-order valence-corrected chi connectivity index (χ1v) is 33.3. The molecule has 0 spiro atoms. The monoisotopic (exact) mass is 1390 g/mol. The number of benzene rings is 22. The lowest BCUT2D eigenvalue weighted by Gasteiger charge is -2.23. The molecule has 0 heterocycles. The van der Waals surface area contributed by atoms with Crippen LogP contribution in [0.3, 0.4) is 0 Å². The van der Waals surface area contributed by atoms with Crippen molar-refractivity contribution in [3.63, 3.8) is 0 Å². The first-order chi connectivity index (χ1) is 73.8. The van der Waals surface area contributed by atoms with Crippen LogP contribution in [0.4, 0.5) is 0 Å². The van der Waals surface area contributed by atoms with Crippen LogP contribution in [0, 0.1) is 0 Å². The molecule has 0 aromatic heterocycles. The summed E-state index contributed by atoms with van der Waals surface area (Å²) in [4.78, 5) is 0. The van der Waals surface area contributed by atoms with Crippen LogP contribution >= 0.6 is 0 Å². The van der Waals surface area contributed by atoms with Crippen molar-refractivity contribution in [1.82, 2.24) is 0 Å². The molecule has 0 bridgehead atoms. The maximum Gasteiger partial charge on any atom is 0.0633 e. The van der Waals surface area contributed by atoms with Crippen molar-refractivity contribution in [1.29, 1.82) is 0 Å². The maximum atomic E-state index is 9.99. The molecule has 106 heavy (non-hydrogen) atoms. The molecule has 0 amide bonds. The second kappa shape index (κ2) is 21.8. The predicted molar refractivity (Wildman–Crippen MR) is 455 cm³/mol. The second-order valence-electron chi connectivity index (χ2n) is 26.7. The summed E-state index contributed by atoms with van der Waals surface area (Å²) < 4.78 is 473. The molecule has 0 saturated heterocycles. The normalized spacial score (nSPS) is 20.8. The molecular formula is C106H68. The third-order valence-electron chi connectivity index (χ3n) is 20.7. The fraction of sp³-hybridized carbons (Fsp3) is 0.0566. The molecule has 22 aromatic carbocycles. The van der Waals surface area contributed by atoms with Crippen molar-refractivity contribution in [2.75, 3.05) is 0 Å². The summed E-state index contributed by atoms with van der Waals surface area (Å²) in [6, 6.07) is -16.1. The van der Waals surface area contributed by atoms with Crippen molar-refractivity contribution < 1.29 is 71.3 Å². The molecule has 0 unspecified atom stereocenters. The van der Waals surface area contributed by atoms with Gasteiger partial charge in [0.25, 0.3) is 0 Å². The lowest BCUT2D eigenvalue weighted by molar-refractivity contribution is 0.660. The summed E-state index contributed by atoms with van der Waals surface area (Å²) >= 11 is 0. The summed E-state index contributed by atoms with van der Waals surface area (Å²) in [5.41, 5.74) is -8.09. The fourth-order valence-corrected chi connectivity index (χ4v) is 15.6. The third kappa shape index (κ3) is 8.47. The van der Waals surface area contributed by atoms with Crippen LogP contribution in [-0.2, 0) is 10.8 Å². The second-order valence-corrected chi connectivity index (χ2v) is 26.7. The molecule has 0 saturated carbocycles. The minimum absolute atomic E-state index is 0.0853. The van der Waals surface area contributed by atoms with Gasteiger partial charge in [0.2, 0.25) is 0 Å². The molecule has 0 heteroatoms. The molecule has 2 aliphatic rings. The average Bonchev–Trinajstić information content (AvgIpc) is 1.48. The third-order valence-corrected chi connectivity index (χ3v) is 20.7. The van der Waals surface area contributed by atoms with Gasteiger partial charge < -0.3 is 0 Å². The Bertz CT molecular complexity index is 10500. The van der Waals surface area contributed by atoms with E-state index in [0.29, 0.717) is 11.1 Å².